The fraction of sp³-hybridized carbons (Fsp3) is 1.00. The highest BCUT2D eigenvalue weighted by molar-refractivity contribution is 7.87. The molecule has 0 aromatic carbocycles. The van der Waals surface area contributed by atoms with Gasteiger partial charge in [0.05, 0.1) is 0 Å². The van der Waals surface area contributed by atoms with Gasteiger partial charge >= 0.3 is 63.0 Å². The Hall–Kier alpha value is -1.46. The second-order valence-electron chi connectivity index (χ2n) is 6.43. The minimum atomic E-state index is -9.03. The van der Waals surface area contributed by atoms with Crippen LogP contribution in [0.15, 0.2) is 0 Å². The summed E-state index contributed by atoms with van der Waals surface area (Å²) in [6, 6.07) is 0. The highest BCUT2D eigenvalue weighted by Gasteiger charge is 2.96. The summed E-state index contributed by atoms with van der Waals surface area (Å²) in [5.74, 6) is -60.2. The maximum Gasteiger partial charge on any atom is 0.438 e. The number of halogens is 19. The summed E-state index contributed by atoms with van der Waals surface area (Å²) in [5, 5.41) is -5.18. The molecule has 0 saturated heterocycles. The normalized spacial score (nSPS) is 15.9. The largest absolute Gasteiger partial charge is 0.438 e. The summed E-state index contributed by atoms with van der Waals surface area (Å²) in [7, 11) is -4.23. The summed E-state index contributed by atoms with van der Waals surface area (Å²) in [5.41, 5.74) is 0. The Kier molecular flexibility index (Phi) is 9.88. The maximum atomic E-state index is 13.3. The molecule has 0 aromatic heterocycles. The Balaban J connectivity index is 0. The number of hydrogen-bond donors (Lipinski definition) is 2. The predicted molar refractivity (Wildman–Crippen MR) is 76.8 cm³/mol. The van der Waals surface area contributed by atoms with Crippen LogP contribution in [0.3, 0.4) is 0 Å². The Morgan fingerprint density at radius 2 is 0.750 bits per heavy atom. The molecule has 2 N–H and O–H groups in total. The van der Waals surface area contributed by atoms with Crippen LogP contribution in [0.25, 0.3) is 0 Å². The van der Waals surface area contributed by atoms with Crippen LogP contribution < -0.4 is 5.32 Å². The Labute approximate surface area is 186 Å². The monoisotopic (exact) mass is 609 g/mol. The zero-order valence-electron chi connectivity index (χ0n) is 16.6. The van der Waals surface area contributed by atoms with Crippen LogP contribution in [0.4, 0.5) is 83.4 Å². The van der Waals surface area contributed by atoms with Crippen LogP contribution >= 0.6 is 0 Å². The topological polar surface area (TPSA) is 66.4 Å². The van der Waals surface area contributed by atoms with Gasteiger partial charge in [0.15, 0.2) is 0 Å². The summed E-state index contributed by atoms with van der Waals surface area (Å²) in [6.45, 7) is 0. The van der Waals surface area contributed by atoms with Crippen molar-refractivity contribution in [2.75, 3.05) is 14.1 Å². The Bertz CT molecular complexity index is 863. The van der Waals surface area contributed by atoms with Crippen LogP contribution in [-0.2, 0) is 10.1 Å². The van der Waals surface area contributed by atoms with E-state index in [1.54, 1.807) is 0 Å². The van der Waals surface area contributed by atoms with E-state index in [1.165, 1.54) is 0 Å². The molecule has 0 rings (SSSR count). The predicted octanol–water partition coefficient (Wildman–Crippen LogP) is 5.70. The first-order valence-electron chi connectivity index (χ1n) is 7.77. The molecule has 0 aliphatic carbocycles. The molecule has 0 bridgehead atoms. The van der Waals surface area contributed by atoms with E-state index in [2.05, 4.69) is 5.32 Å². The van der Waals surface area contributed by atoms with E-state index in [0.29, 0.717) is 0 Å². The van der Waals surface area contributed by atoms with Gasteiger partial charge in [-0.1, -0.05) is 0 Å². The average molecular weight is 609 g/mol. The van der Waals surface area contributed by atoms with Gasteiger partial charge in [-0.25, -0.2) is 0 Å². The lowest BCUT2D eigenvalue weighted by Gasteiger charge is -2.43. The zero-order chi connectivity index (χ0) is 30.4. The van der Waals surface area contributed by atoms with Crippen molar-refractivity contribution < 1.29 is 96.4 Å². The average Bonchev–Trinajstić information content (AvgIpc) is 2.58. The second-order valence-corrected chi connectivity index (χ2v) is 7.90. The molecule has 24 heteroatoms. The fourth-order valence-electron chi connectivity index (χ4n) is 1.73. The van der Waals surface area contributed by atoms with E-state index in [1.807, 2.05) is 14.1 Å². The van der Waals surface area contributed by atoms with Crippen molar-refractivity contribution >= 4 is 10.1 Å². The zero-order valence-corrected chi connectivity index (χ0v) is 17.4. The highest BCUT2D eigenvalue weighted by Crippen LogP contribution is 2.64. The Morgan fingerprint density at radius 3 is 0.972 bits per heavy atom. The van der Waals surface area contributed by atoms with Gasteiger partial charge in [0.25, 0.3) is 0 Å². The molecule has 0 fully saturated rings. The third kappa shape index (κ3) is 5.53. The first-order valence-corrected chi connectivity index (χ1v) is 9.21. The van der Waals surface area contributed by atoms with E-state index in [0.717, 1.165) is 0 Å². The van der Waals surface area contributed by atoms with Crippen molar-refractivity contribution in [2.24, 2.45) is 0 Å². The molecule has 0 aromatic rings. The van der Waals surface area contributed by atoms with Gasteiger partial charge in [-0.3, -0.25) is 4.55 Å². The maximum absolute atomic E-state index is 13.3. The second kappa shape index (κ2) is 9.69. The third-order valence-corrected chi connectivity index (χ3v) is 4.45. The van der Waals surface area contributed by atoms with E-state index in [4.69, 9.17) is 4.55 Å². The number of alkyl halides is 19. The molecule has 0 heterocycles. The van der Waals surface area contributed by atoms with Gasteiger partial charge in [-0.15, -0.1) is 0 Å². The summed E-state index contributed by atoms with van der Waals surface area (Å²) < 4.78 is 273. The molecule has 4 nitrogen and oxygen atoms in total. The minimum absolute atomic E-state index is 1.88. The van der Waals surface area contributed by atoms with Crippen molar-refractivity contribution in [3.05, 3.63) is 0 Å². The lowest BCUT2D eigenvalue weighted by atomic mass is 9.88. The first kappa shape index (κ1) is 36.7. The number of rotatable bonds is 9. The van der Waals surface area contributed by atoms with E-state index < -0.39 is 69.4 Å². The standard InChI is InChI=1S/C10H3F19O3S.C2H7N/c11-2(12,1-3(13,14)15)4(16,17)5(18,19)6(20,21)7(22,23)8(24,25)9(26,27)10(28,29)33(30,31)32;1-3-2/h1H2,(H,30,31,32);3H,1-2H3. The number of hydrogen-bond acceptors (Lipinski definition) is 3. The van der Waals surface area contributed by atoms with Gasteiger partial charge in [0, 0.05) is 0 Å². The van der Waals surface area contributed by atoms with Crippen molar-refractivity contribution in [3.63, 3.8) is 0 Å². The number of nitrogens with one attached hydrogen (secondary N) is 1. The van der Waals surface area contributed by atoms with E-state index >= 15 is 0 Å². The molecule has 0 atom stereocenters. The molecule has 0 spiro atoms. The lowest BCUT2D eigenvalue weighted by molar-refractivity contribution is -0.451. The fourth-order valence-corrected chi connectivity index (χ4v) is 2.18. The molecule has 0 amide bonds. The van der Waals surface area contributed by atoms with Crippen LogP contribution in [-0.4, -0.2) is 80.0 Å². The highest BCUT2D eigenvalue weighted by atomic mass is 32.2. The van der Waals surface area contributed by atoms with Crippen molar-refractivity contribution in [2.45, 2.75) is 59.3 Å². The molecular formula is C12H10F19NO3S. The molecule has 0 aliphatic rings. The van der Waals surface area contributed by atoms with Crippen LogP contribution in [0.5, 0.6) is 0 Å². The summed E-state index contributed by atoms with van der Waals surface area (Å²) in [4.78, 5) is 0. The molecule has 0 radical (unpaired) electrons. The van der Waals surface area contributed by atoms with E-state index in [9.17, 15) is 91.8 Å². The molecule has 0 unspecified atom stereocenters. The van der Waals surface area contributed by atoms with Gasteiger partial charge in [-0.2, -0.15) is 91.8 Å². The molecular weight excluding hydrogens is 599 g/mol. The van der Waals surface area contributed by atoms with Gasteiger partial charge < -0.3 is 5.32 Å². The van der Waals surface area contributed by atoms with Gasteiger partial charge in [-0.05, 0) is 14.1 Å². The van der Waals surface area contributed by atoms with Crippen molar-refractivity contribution in [3.8, 4) is 0 Å². The lowest BCUT2D eigenvalue weighted by Crippen LogP contribution is -2.75. The minimum Gasteiger partial charge on any atom is -0.323 e. The van der Waals surface area contributed by atoms with Crippen LogP contribution in [0, 0.1) is 0 Å². The summed E-state index contributed by atoms with van der Waals surface area (Å²) in [6.07, 6.45) is -11.1. The molecule has 0 saturated carbocycles. The van der Waals surface area contributed by atoms with Crippen molar-refractivity contribution in [1.29, 1.82) is 0 Å². The van der Waals surface area contributed by atoms with Crippen molar-refractivity contribution in [1.82, 2.24) is 5.32 Å². The smallest absolute Gasteiger partial charge is 0.323 e. The van der Waals surface area contributed by atoms with Crippen LogP contribution in [0.1, 0.15) is 6.42 Å². The molecule has 220 valence electrons. The van der Waals surface area contributed by atoms with Gasteiger partial charge in [0.2, 0.25) is 0 Å². The first-order chi connectivity index (χ1) is 15.1. The quantitative estimate of drug-likeness (QED) is 0.260. The summed E-state index contributed by atoms with van der Waals surface area (Å²) >= 11 is 0. The third-order valence-electron chi connectivity index (χ3n) is 3.54. The molecule has 0 aliphatic heterocycles. The van der Waals surface area contributed by atoms with Crippen LogP contribution in [0.2, 0.25) is 0 Å². The Morgan fingerprint density at radius 1 is 0.528 bits per heavy atom. The van der Waals surface area contributed by atoms with Gasteiger partial charge in [0.1, 0.15) is 6.42 Å². The van der Waals surface area contributed by atoms with E-state index in [-0.39, 0.29) is 0 Å². The SMILES string of the molecule is CNC.O=S(=O)(O)C(F)(F)C(F)(F)C(F)(F)C(F)(F)C(F)(F)C(F)(F)C(F)(F)C(F)(F)CC(F)(F)F. The molecule has 36 heavy (non-hydrogen) atoms.